The summed E-state index contributed by atoms with van der Waals surface area (Å²) in [4.78, 5) is 10.8. The van der Waals surface area contributed by atoms with Crippen molar-refractivity contribution in [2.75, 3.05) is 32.7 Å². The van der Waals surface area contributed by atoms with E-state index in [9.17, 15) is 0 Å². The van der Waals surface area contributed by atoms with Gasteiger partial charge < -0.3 is 10.4 Å². The number of allylic oxidation sites excluding steroid dienone is 2. The quantitative estimate of drug-likeness (QED) is 0.596. The second kappa shape index (κ2) is 17.8. The molecule has 24 heavy (non-hydrogen) atoms. The van der Waals surface area contributed by atoms with E-state index in [1.807, 2.05) is 26.0 Å². The molecule has 1 saturated carbocycles. The van der Waals surface area contributed by atoms with E-state index >= 15 is 0 Å². The molecular weight excluding hydrogens is 300 g/mol. The number of carboxylic acid groups (broad SMARTS) is 1. The van der Waals surface area contributed by atoms with Gasteiger partial charge in [0.05, 0.1) is 0 Å². The summed E-state index contributed by atoms with van der Waals surface area (Å²) >= 11 is 0. The molecule has 2 aliphatic carbocycles. The van der Waals surface area contributed by atoms with Gasteiger partial charge in [0.1, 0.15) is 0 Å². The van der Waals surface area contributed by atoms with Crippen LogP contribution in [0.2, 0.25) is 0 Å². The molecule has 0 spiro atoms. The molecule has 3 aliphatic rings. The van der Waals surface area contributed by atoms with Crippen LogP contribution in [0, 0.1) is 0 Å². The SMILES string of the molecule is C1=C=CC(CN2CCNCC2)=CC=1.C1CCCCC1.CC.O=CO. The summed E-state index contributed by atoms with van der Waals surface area (Å²) in [5.41, 5.74) is 7.23. The van der Waals surface area contributed by atoms with Crippen LogP contribution in [0.4, 0.5) is 0 Å². The molecule has 1 saturated heterocycles. The van der Waals surface area contributed by atoms with Crippen LogP contribution >= 0.6 is 0 Å². The van der Waals surface area contributed by atoms with E-state index in [4.69, 9.17) is 9.90 Å². The van der Waals surface area contributed by atoms with Crippen LogP contribution in [-0.4, -0.2) is 49.2 Å². The van der Waals surface area contributed by atoms with Crippen LogP contribution < -0.4 is 5.32 Å². The molecular formula is C20H34N2O2. The van der Waals surface area contributed by atoms with Crippen molar-refractivity contribution in [2.24, 2.45) is 0 Å². The van der Waals surface area contributed by atoms with E-state index in [0.717, 1.165) is 32.7 Å². The Morgan fingerprint density at radius 1 is 1.08 bits per heavy atom. The number of nitrogens with one attached hydrogen (secondary N) is 1. The molecule has 0 radical (unpaired) electrons. The minimum absolute atomic E-state index is 0.250. The van der Waals surface area contributed by atoms with Crippen molar-refractivity contribution in [3.8, 4) is 0 Å². The van der Waals surface area contributed by atoms with E-state index in [1.165, 1.54) is 44.1 Å². The molecule has 0 aromatic rings. The molecule has 1 aliphatic heterocycles. The Morgan fingerprint density at radius 2 is 1.58 bits per heavy atom. The predicted molar refractivity (Wildman–Crippen MR) is 101 cm³/mol. The minimum Gasteiger partial charge on any atom is -0.483 e. The molecule has 1 heterocycles. The summed E-state index contributed by atoms with van der Waals surface area (Å²) in [5, 5.41) is 10.2. The fraction of sp³-hybridized carbons (Fsp3) is 0.650. The third-order valence-electron chi connectivity index (χ3n) is 3.84. The fourth-order valence-corrected chi connectivity index (χ4v) is 2.67. The molecule has 0 atom stereocenters. The van der Waals surface area contributed by atoms with Gasteiger partial charge in [0, 0.05) is 32.7 Å². The summed E-state index contributed by atoms with van der Waals surface area (Å²) in [7, 11) is 0. The molecule has 3 rings (SSSR count). The van der Waals surface area contributed by atoms with Crippen LogP contribution in [0.5, 0.6) is 0 Å². The van der Waals surface area contributed by atoms with Crippen molar-refractivity contribution >= 4 is 6.47 Å². The van der Waals surface area contributed by atoms with Crippen molar-refractivity contribution in [1.29, 1.82) is 0 Å². The molecule has 0 aromatic heterocycles. The zero-order valence-electron chi connectivity index (χ0n) is 15.4. The number of hydrogen-bond acceptors (Lipinski definition) is 3. The van der Waals surface area contributed by atoms with E-state index in [2.05, 4.69) is 27.8 Å². The Hall–Kier alpha value is -1.57. The second-order valence-corrected chi connectivity index (χ2v) is 5.59. The van der Waals surface area contributed by atoms with Gasteiger partial charge >= 0.3 is 0 Å². The Bertz CT molecular complexity index is 409. The molecule has 0 amide bonds. The first-order valence-electron chi connectivity index (χ1n) is 9.24. The highest BCUT2D eigenvalue weighted by atomic mass is 16.3. The fourth-order valence-electron chi connectivity index (χ4n) is 2.67. The number of carbonyl (C=O) groups is 1. The van der Waals surface area contributed by atoms with Crippen LogP contribution in [0.25, 0.3) is 0 Å². The van der Waals surface area contributed by atoms with Gasteiger partial charge in [-0.15, -0.1) is 0 Å². The highest BCUT2D eigenvalue weighted by Gasteiger charge is 2.09. The van der Waals surface area contributed by atoms with Gasteiger partial charge in [0.25, 0.3) is 6.47 Å². The number of nitrogens with zero attached hydrogens (tertiary/aromatic N) is 1. The monoisotopic (exact) mass is 334 g/mol. The summed E-state index contributed by atoms with van der Waals surface area (Å²) < 4.78 is 0. The molecule has 0 bridgehead atoms. The number of hydrogen-bond donors (Lipinski definition) is 2. The van der Waals surface area contributed by atoms with Crippen LogP contribution in [-0.2, 0) is 4.79 Å². The van der Waals surface area contributed by atoms with Gasteiger partial charge in [-0.3, -0.25) is 9.69 Å². The first-order chi connectivity index (χ1) is 11.9. The molecule has 2 fully saturated rings. The maximum atomic E-state index is 8.36. The van der Waals surface area contributed by atoms with Gasteiger partial charge in [-0.25, -0.2) is 0 Å². The van der Waals surface area contributed by atoms with E-state index < -0.39 is 0 Å². The maximum Gasteiger partial charge on any atom is 0.290 e. The molecule has 4 heteroatoms. The van der Waals surface area contributed by atoms with Crippen molar-refractivity contribution in [1.82, 2.24) is 10.2 Å². The first kappa shape index (κ1) is 22.4. The van der Waals surface area contributed by atoms with Crippen molar-refractivity contribution in [3.63, 3.8) is 0 Å². The van der Waals surface area contributed by atoms with Crippen molar-refractivity contribution < 1.29 is 9.90 Å². The van der Waals surface area contributed by atoms with Crippen LogP contribution in [0.15, 0.2) is 35.3 Å². The zero-order valence-corrected chi connectivity index (χ0v) is 15.4. The van der Waals surface area contributed by atoms with Crippen molar-refractivity contribution in [3.05, 3.63) is 35.3 Å². The Kier molecular flexibility index (Phi) is 16.6. The Morgan fingerprint density at radius 3 is 2.00 bits per heavy atom. The first-order valence-corrected chi connectivity index (χ1v) is 9.24. The number of rotatable bonds is 2. The van der Waals surface area contributed by atoms with Crippen molar-refractivity contribution in [2.45, 2.75) is 52.4 Å². The lowest BCUT2D eigenvalue weighted by atomic mass is 10.0. The third-order valence-corrected chi connectivity index (χ3v) is 3.84. The molecule has 0 aromatic carbocycles. The predicted octanol–water partition coefficient (Wildman–Crippen LogP) is 3.77. The highest BCUT2D eigenvalue weighted by Crippen LogP contribution is 2.15. The molecule has 2 N–H and O–H groups in total. The molecule has 4 nitrogen and oxygen atoms in total. The molecule has 136 valence electrons. The van der Waals surface area contributed by atoms with Gasteiger partial charge in [0.15, 0.2) is 0 Å². The largest absolute Gasteiger partial charge is 0.483 e. The van der Waals surface area contributed by atoms with E-state index in [-0.39, 0.29) is 6.47 Å². The lowest BCUT2D eigenvalue weighted by Crippen LogP contribution is -2.44. The summed E-state index contributed by atoms with van der Waals surface area (Å²) in [6.45, 7) is 9.33. The minimum atomic E-state index is -0.250. The third kappa shape index (κ3) is 12.9. The van der Waals surface area contributed by atoms with E-state index in [0.29, 0.717) is 0 Å². The maximum absolute atomic E-state index is 8.36. The highest BCUT2D eigenvalue weighted by molar-refractivity contribution is 5.32. The zero-order chi connectivity index (χ0) is 17.9. The summed E-state index contributed by atoms with van der Waals surface area (Å²) in [5.74, 6) is 0. The summed E-state index contributed by atoms with van der Waals surface area (Å²) in [6, 6.07) is 0. The normalized spacial score (nSPS) is 18.7. The lowest BCUT2D eigenvalue weighted by Gasteiger charge is -2.27. The topological polar surface area (TPSA) is 52.6 Å². The van der Waals surface area contributed by atoms with E-state index in [1.54, 1.807) is 0 Å². The second-order valence-electron chi connectivity index (χ2n) is 5.59. The van der Waals surface area contributed by atoms with Crippen LogP contribution in [0.1, 0.15) is 52.4 Å². The number of piperazine rings is 1. The standard InChI is InChI=1S/C11H14N2.C6H12.C2H6.CH2O2/c1-2-4-11(5-3-1)10-13-8-6-12-7-9-13;1-2-4-6-5-3-1;1-2;2-1-3/h2,4-5,12H,6-10H2;1-6H2;1-2H3;1H,(H,2,3). The molecule has 0 unspecified atom stereocenters. The van der Waals surface area contributed by atoms with Gasteiger partial charge in [-0.2, -0.15) is 0 Å². The Balaban J connectivity index is 0.000000402. The van der Waals surface area contributed by atoms with Gasteiger partial charge in [-0.05, 0) is 23.8 Å². The lowest BCUT2D eigenvalue weighted by molar-refractivity contribution is -0.122. The van der Waals surface area contributed by atoms with Gasteiger partial charge in [-0.1, -0.05) is 63.8 Å². The average Bonchev–Trinajstić information content (AvgIpc) is 2.68. The Labute approximate surface area is 147 Å². The van der Waals surface area contributed by atoms with Crippen LogP contribution in [0.3, 0.4) is 0 Å². The average molecular weight is 335 g/mol. The van der Waals surface area contributed by atoms with Gasteiger partial charge in [0.2, 0.25) is 0 Å². The summed E-state index contributed by atoms with van der Waals surface area (Å²) in [6.07, 6.45) is 15.1. The smallest absolute Gasteiger partial charge is 0.290 e.